The minimum absolute atomic E-state index is 0.785. The zero-order chi connectivity index (χ0) is 31.8. The number of rotatable bonds is 9. The Morgan fingerprint density at radius 1 is 0.702 bits per heavy atom. The second-order valence-corrected chi connectivity index (χ2v) is 11.7. The molecule has 0 radical (unpaired) electrons. The number of nitrogens with one attached hydrogen (secondary N) is 1. The summed E-state index contributed by atoms with van der Waals surface area (Å²) in [7, 11) is 0. The van der Waals surface area contributed by atoms with Gasteiger partial charge in [-0.3, -0.25) is 0 Å². The lowest BCUT2D eigenvalue weighted by Crippen LogP contribution is -2.32. The lowest BCUT2D eigenvalue weighted by Gasteiger charge is -2.15. The molecule has 0 amide bonds. The molecule has 5 aromatic rings. The van der Waals surface area contributed by atoms with Gasteiger partial charge in [-0.1, -0.05) is 152 Å². The third kappa shape index (κ3) is 6.45. The van der Waals surface area contributed by atoms with Crippen molar-refractivity contribution in [3.05, 3.63) is 198 Å². The van der Waals surface area contributed by atoms with Gasteiger partial charge in [0.25, 0.3) is 0 Å². The van der Waals surface area contributed by atoms with Crippen LogP contribution < -0.4 is 15.9 Å². The van der Waals surface area contributed by atoms with Crippen LogP contribution in [0.3, 0.4) is 0 Å². The predicted octanol–water partition coefficient (Wildman–Crippen LogP) is 9.96. The molecule has 0 saturated heterocycles. The molecule has 2 heteroatoms. The summed E-state index contributed by atoms with van der Waals surface area (Å²) in [4.78, 5) is 0. The average molecular weight is 607 g/mol. The fourth-order valence-corrected chi connectivity index (χ4v) is 6.57. The van der Waals surface area contributed by atoms with E-state index in [1.54, 1.807) is 0 Å². The smallest absolute Gasteiger partial charge is 0.0504 e. The van der Waals surface area contributed by atoms with E-state index in [2.05, 4.69) is 174 Å². The van der Waals surface area contributed by atoms with Crippen LogP contribution in [-0.4, -0.2) is 4.57 Å². The summed E-state index contributed by atoms with van der Waals surface area (Å²) in [6, 6.07) is 38.9. The van der Waals surface area contributed by atoms with Crippen LogP contribution >= 0.6 is 0 Å². The average Bonchev–Trinajstić information content (AvgIpc) is 3.25. The summed E-state index contributed by atoms with van der Waals surface area (Å²) in [6.07, 6.45) is 26.3. The van der Waals surface area contributed by atoms with Crippen molar-refractivity contribution in [1.82, 2.24) is 4.57 Å². The fraction of sp³-hybridized carbons (Fsp3) is 0.0667. The van der Waals surface area contributed by atoms with Gasteiger partial charge < -0.3 is 9.88 Å². The molecular formula is C45H38N2. The Kier molecular flexibility index (Phi) is 8.92. The molecule has 7 rings (SSSR count). The van der Waals surface area contributed by atoms with E-state index in [9.17, 15) is 0 Å². The highest BCUT2D eigenvalue weighted by Gasteiger charge is 2.20. The molecule has 2 aliphatic rings. The molecule has 2 aliphatic carbocycles. The molecule has 1 heterocycles. The Hall–Kier alpha value is -5.86. The molecule has 0 fully saturated rings. The summed E-state index contributed by atoms with van der Waals surface area (Å²) in [5.41, 5.74) is 12.1. The number of anilines is 1. The Bertz CT molecular complexity index is 2190. The van der Waals surface area contributed by atoms with Gasteiger partial charge in [0, 0.05) is 22.3 Å². The SMILES string of the molecule is C=C/C=C\C=C/CC1=c2c3c(n(-c4cccc(-c5ccccc5)c4)c2=CCC=C1Nc1cccc(-c2ccccc2)c1)C=CC=CC3. The second kappa shape index (κ2) is 14.1. The van der Waals surface area contributed by atoms with Crippen molar-refractivity contribution in [2.75, 3.05) is 5.32 Å². The summed E-state index contributed by atoms with van der Waals surface area (Å²) >= 11 is 0. The third-order valence-corrected chi connectivity index (χ3v) is 8.71. The summed E-state index contributed by atoms with van der Waals surface area (Å²) in [5.74, 6) is 0. The highest BCUT2D eigenvalue weighted by atomic mass is 15.0. The van der Waals surface area contributed by atoms with Crippen molar-refractivity contribution in [3.63, 3.8) is 0 Å². The minimum Gasteiger partial charge on any atom is -0.356 e. The largest absolute Gasteiger partial charge is 0.356 e. The monoisotopic (exact) mass is 606 g/mol. The van der Waals surface area contributed by atoms with E-state index in [1.165, 1.54) is 55.3 Å². The van der Waals surface area contributed by atoms with Crippen LogP contribution in [0, 0.1) is 0 Å². The number of benzene rings is 4. The van der Waals surface area contributed by atoms with E-state index in [1.807, 2.05) is 18.2 Å². The molecule has 0 aliphatic heterocycles. The van der Waals surface area contributed by atoms with Crippen LogP contribution in [-0.2, 0) is 6.42 Å². The van der Waals surface area contributed by atoms with Crippen LogP contribution in [0.2, 0.25) is 0 Å². The van der Waals surface area contributed by atoms with E-state index in [0.29, 0.717) is 0 Å². The molecule has 228 valence electrons. The Morgan fingerprint density at radius 3 is 2.19 bits per heavy atom. The first kappa shape index (κ1) is 29.8. The van der Waals surface area contributed by atoms with Gasteiger partial charge >= 0.3 is 0 Å². The van der Waals surface area contributed by atoms with E-state index in [-0.39, 0.29) is 0 Å². The Morgan fingerprint density at radius 2 is 1.43 bits per heavy atom. The zero-order valence-electron chi connectivity index (χ0n) is 26.5. The van der Waals surface area contributed by atoms with Gasteiger partial charge in [0.15, 0.2) is 0 Å². The molecule has 1 N–H and O–H groups in total. The maximum atomic E-state index is 3.87. The van der Waals surface area contributed by atoms with Crippen molar-refractivity contribution < 1.29 is 0 Å². The van der Waals surface area contributed by atoms with Crippen LogP contribution in [0.15, 0.2) is 176 Å². The van der Waals surface area contributed by atoms with Crippen molar-refractivity contribution in [2.45, 2.75) is 19.3 Å². The van der Waals surface area contributed by atoms with Crippen LogP contribution in [0.5, 0.6) is 0 Å². The van der Waals surface area contributed by atoms with Gasteiger partial charge in [-0.25, -0.2) is 0 Å². The van der Waals surface area contributed by atoms with E-state index >= 15 is 0 Å². The predicted molar refractivity (Wildman–Crippen MR) is 202 cm³/mol. The van der Waals surface area contributed by atoms with Gasteiger partial charge in [0.05, 0.1) is 11.0 Å². The number of fused-ring (bicyclic) bond motifs is 3. The standard InChI is InChI=1S/C45H38N2/c1-2-3-4-5-13-27-40-42(46-38-25-16-23-36(32-38)34-19-9-6-10-20-34)29-18-31-44-45(40)41-28-14-8-15-30-43(41)47(44)39-26-17-24-37(33-39)35-21-11-7-12-22-35/h2-17,19-26,29-33,46H,1,18,27-28H2/b4-3-,13-5-. The number of aromatic nitrogens is 1. The van der Waals surface area contributed by atoms with E-state index in [4.69, 9.17) is 0 Å². The minimum atomic E-state index is 0.785. The van der Waals surface area contributed by atoms with Gasteiger partial charge in [0.1, 0.15) is 0 Å². The number of allylic oxidation sites excluding steroid dienone is 10. The van der Waals surface area contributed by atoms with Crippen molar-refractivity contribution in [3.8, 4) is 27.9 Å². The highest BCUT2D eigenvalue weighted by Crippen LogP contribution is 2.28. The van der Waals surface area contributed by atoms with E-state index < -0.39 is 0 Å². The molecule has 0 unspecified atom stereocenters. The lowest BCUT2D eigenvalue weighted by atomic mass is 10.0. The van der Waals surface area contributed by atoms with Gasteiger partial charge in [0.2, 0.25) is 0 Å². The first-order valence-corrected chi connectivity index (χ1v) is 16.3. The fourth-order valence-electron chi connectivity index (χ4n) is 6.57. The number of hydrogen-bond donors (Lipinski definition) is 1. The van der Waals surface area contributed by atoms with E-state index in [0.717, 1.165) is 30.6 Å². The first-order chi connectivity index (χ1) is 23.3. The normalized spacial score (nSPS) is 13.9. The molecule has 2 nitrogen and oxygen atoms in total. The molecule has 0 saturated carbocycles. The molecule has 47 heavy (non-hydrogen) atoms. The Labute approximate surface area is 277 Å². The number of hydrogen-bond acceptors (Lipinski definition) is 1. The lowest BCUT2D eigenvalue weighted by molar-refractivity contribution is 1.01. The third-order valence-electron chi connectivity index (χ3n) is 8.71. The molecule has 0 atom stereocenters. The first-order valence-electron chi connectivity index (χ1n) is 16.3. The van der Waals surface area contributed by atoms with Crippen molar-refractivity contribution in [2.24, 2.45) is 0 Å². The molecular weight excluding hydrogens is 569 g/mol. The molecule has 1 aromatic heterocycles. The maximum Gasteiger partial charge on any atom is 0.0504 e. The van der Waals surface area contributed by atoms with Crippen molar-refractivity contribution >= 4 is 23.4 Å². The van der Waals surface area contributed by atoms with Gasteiger partial charge in [-0.15, -0.1) is 0 Å². The highest BCUT2D eigenvalue weighted by molar-refractivity contribution is 5.78. The summed E-state index contributed by atoms with van der Waals surface area (Å²) in [6.45, 7) is 3.83. The maximum absolute atomic E-state index is 3.87. The molecule has 0 spiro atoms. The summed E-state index contributed by atoms with van der Waals surface area (Å²) < 4.78 is 2.47. The molecule has 0 bridgehead atoms. The zero-order valence-corrected chi connectivity index (χ0v) is 26.5. The van der Waals surface area contributed by atoms with Crippen molar-refractivity contribution in [1.29, 1.82) is 0 Å². The van der Waals surface area contributed by atoms with Gasteiger partial charge in [-0.2, -0.15) is 0 Å². The number of nitrogens with zero attached hydrogens (tertiary/aromatic N) is 1. The molecule has 4 aromatic carbocycles. The van der Waals surface area contributed by atoms with Crippen LogP contribution in [0.25, 0.3) is 45.7 Å². The Balaban J connectivity index is 1.41. The van der Waals surface area contributed by atoms with Crippen LogP contribution in [0.4, 0.5) is 5.69 Å². The summed E-state index contributed by atoms with van der Waals surface area (Å²) in [5, 5.41) is 6.43. The topological polar surface area (TPSA) is 17.0 Å². The second-order valence-electron chi connectivity index (χ2n) is 11.7. The quantitative estimate of drug-likeness (QED) is 0.165. The van der Waals surface area contributed by atoms with Crippen LogP contribution in [0.1, 0.15) is 24.1 Å². The van der Waals surface area contributed by atoms with Gasteiger partial charge in [-0.05, 0) is 83.0 Å².